The lowest BCUT2D eigenvalue weighted by molar-refractivity contribution is -0.140. The zero-order chi connectivity index (χ0) is 26.7. The zero-order valence-electron chi connectivity index (χ0n) is 21.2. The molecule has 0 amide bonds. The largest absolute Gasteiger partial charge is 0.491 e. The molecular formula is C29H34F4O4. The highest BCUT2D eigenvalue weighted by molar-refractivity contribution is 5.75. The van der Waals surface area contributed by atoms with E-state index in [2.05, 4.69) is 0 Å². The molecule has 0 aromatic heterocycles. The molecule has 0 bridgehead atoms. The summed E-state index contributed by atoms with van der Waals surface area (Å²) in [5.41, 5.74) is 0.519. The Bertz CT molecular complexity index is 1100. The van der Waals surface area contributed by atoms with Gasteiger partial charge in [-0.3, -0.25) is 4.79 Å². The van der Waals surface area contributed by atoms with Crippen LogP contribution in [0.1, 0.15) is 88.2 Å². The van der Waals surface area contributed by atoms with Crippen LogP contribution in [-0.4, -0.2) is 23.8 Å². The number of rotatable bonds is 7. The van der Waals surface area contributed by atoms with Crippen molar-refractivity contribution in [1.82, 2.24) is 0 Å². The van der Waals surface area contributed by atoms with Crippen molar-refractivity contribution < 1.29 is 36.9 Å². The summed E-state index contributed by atoms with van der Waals surface area (Å²) in [4.78, 5) is 12.7. The summed E-state index contributed by atoms with van der Waals surface area (Å²) < 4.78 is 68.9. The van der Waals surface area contributed by atoms with Crippen molar-refractivity contribution in [3.63, 3.8) is 0 Å². The van der Waals surface area contributed by atoms with Crippen molar-refractivity contribution >= 4 is 5.97 Å². The van der Waals surface area contributed by atoms with Crippen LogP contribution in [0, 0.1) is 35.1 Å². The highest BCUT2D eigenvalue weighted by Crippen LogP contribution is 2.41. The molecule has 4 rings (SSSR count). The van der Waals surface area contributed by atoms with Gasteiger partial charge in [0.25, 0.3) is 0 Å². The second-order valence-corrected chi connectivity index (χ2v) is 10.3. The highest BCUT2D eigenvalue weighted by atomic mass is 19.2. The summed E-state index contributed by atoms with van der Waals surface area (Å²) in [5.74, 6) is -6.11. The van der Waals surface area contributed by atoms with Crippen LogP contribution in [0.25, 0.3) is 0 Å². The molecule has 2 aromatic carbocycles. The average Bonchev–Trinajstić information content (AvgIpc) is 2.90. The third-order valence-electron chi connectivity index (χ3n) is 8.06. The molecular weight excluding hydrogens is 488 g/mol. The standard InChI is InChI=1S/C29H34F4O4/c1-3-36-23-14-12-21(25(30)27(23)32)19-8-10-20(11-9-19)29(35)37-24-15-13-22(26(31)28(24)33)18-6-4-17(5-7-18)16(2)34/h12-20,34H,3-11H2,1-2H3. The maximum Gasteiger partial charge on any atom is 0.314 e. The summed E-state index contributed by atoms with van der Waals surface area (Å²) in [5, 5.41) is 9.77. The number of aliphatic hydroxyl groups is 1. The molecule has 202 valence electrons. The van der Waals surface area contributed by atoms with Crippen LogP contribution < -0.4 is 9.47 Å². The van der Waals surface area contributed by atoms with Crippen LogP contribution in [0.2, 0.25) is 0 Å². The fourth-order valence-electron chi connectivity index (χ4n) is 5.81. The van der Waals surface area contributed by atoms with E-state index in [0.717, 1.165) is 12.8 Å². The van der Waals surface area contributed by atoms with Gasteiger partial charge in [-0.05, 0) is 106 Å². The molecule has 4 nitrogen and oxygen atoms in total. The van der Waals surface area contributed by atoms with Gasteiger partial charge >= 0.3 is 5.97 Å². The van der Waals surface area contributed by atoms with Gasteiger partial charge in [0.2, 0.25) is 11.6 Å². The number of esters is 1. The van der Waals surface area contributed by atoms with E-state index in [0.29, 0.717) is 38.5 Å². The molecule has 37 heavy (non-hydrogen) atoms. The normalized spacial score (nSPS) is 24.9. The van der Waals surface area contributed by atoms with Crippen molar-refractivity contribution in [1.29, 1.82) is 0 Å². The number of halogens is 4. The fourth-order valence-corrected chi connectivity index (χ4v) is 5.81. The van der Waals surface area contributed by atoms with Gasteiger partial charge in [0.1, 0.15) is 0 Å². The smallest absolute Gasteiger partial charge is 0.314 e. The molecule has 2 saturated carbocycles. The van der Waals surface area contributed by atoms with E-state index < -0.39 is 47.0 Å². The predicted molar refractivity (Wildman–Crippen MR) is 131 cm³/mol. The Morgan fingerprint density at radius 3 is 1.81 bits per heavy atom. The number of carbonyl (C=O) groups is 1. The number of aliphatic hydroxyl groups excluding tert-OH is 1. The van der Waals surface area contributed by atoms with E-state index in [1.807, 2.05) is 0 Å². The first-order valence-corrected chi connectivity index (χ1v) is 13.2. The third-order valence-corrected chi connectivity index (χ3v) is 8.06. The first-order valence-electron chi connectivity index (χ1n) is 13.2. The molecule has 1 unspecified atom stereocenters. The van der Waals surface area contributed by atoms with E-state index >= 15 is 0 Å². The maximum absolute atomic E-state index is 14.9. The quantitative estimate of drug-likeness (QED) is 0.238. The summed E-state index contributed by atoms with van der Waals surface area (Å²) in [6, 6.07) is 5.71. The SMILES string of the molecule is CCOc1ccc(C2CCC(C(=O)Oc3ccc(C4CCC(C(C)O)CC4)c(F)c3F)CC2)c(F)c1F. The number of hydrogen-bond donors (Lipinski definition) is 1. The summed E-state index contributed by atoms with van der Waals surface area (Å²) in [6.45, 7) is 3.66. The van der Waals surface area contributed by atoms with E-state index in [9.17, 15) is 27.5 Å². The molecule has 2 aromatic rings. The second kappa shape index (κ2) is 11.8. The Kier molecular flexibility index (Phi) is 8.78. The average molecular weight is 523 g/mol. The van der Waals surface area contributed by atoms with Crippen molar-refractivity contribution in [2.24, 2.45) is 11.8 Å². The third kappa shape index (κ3) is 5.95. The summed E-state index contributed by atoms with van der Waals surface area (Å²) >= 11 is 0. The summed E-state index contributed by atoms with van der Waals surface area (Å²) in [6.07, 6.45) is 4.01. The lowest BCUT2D eigenvalue weighted by atomic mass is 9.77. The molecule has 2 aliphatic rings. The van der Waals surface area contributed by atoms with Crippen LogP contribution in [-0.2, 0) is 4.79 Å². The number of carbonyl (C=O) groups excluding carboxylic acids is 1. The van der Waals surface area contributed by atoms with Crippen LogP contribution >= 0.6 is 0 Å². The van der Waals surface area contributed by atoms with Crippen molar-refractivity contribution in [3.8, 4) is 11.5 Å². The molecule has 1 atom stereocenters. The van der Waals surface area contributed by atoms with Gasteiger partial charge in [-0.2, -0.15) is 8.78 Å². The summed E-state index contributed by atoms with van der Waals surface area (Å²) in [7, 11) is 0. The lowest BCUT2D eigenvalue weighted by Crippen LogP contribution is -2.26. The number of hydrogen-bond acceptors (Lipinski definition) is 4. The zero-order valence-corrected chi connectivity index (χ0v) is 21.2. The fraction of sp³-hybridized carbons (Fsp3) is 0.552. The van der Waals surface area contributed by atoms with E-state index in [4.69, 9.17) is 9.47 Å². The van der Waals surface area contributed by atoms with Gasteiger partial charge in [-0.1, -0.05) is 12.1 Å². The van der Waals surface area contributed by atoms with Gasteiger partial charge in [0.05, 0.1) is 18.6 Å². The van der Waals surface area contributed by atoms with Gasteiger partial charge in [0, 0.05) is 0 Å². The van der Waals surface area contributed by atoms with Gasteiger partial charge in [-0.15, -0.1) is 0 Å². The molecule has 8 heteroatoms. The Balaban J connectivity index is 1.36. The predicted octanol–water partition coefficient (Wildman–Crippen LogP) is 7.18. The first kappa shape index (κ1) is 27.4. The minimum Gasteiger partial charge on any atom is -0.491 e. The molecule has 2 fully saturated rings. The second-order valence-electron chi connectivity index (χ2n) is 10.3. The minimum absolute atomic E-state index is 0.131. The molecule has 0 saturated heterocycles. The van der Waals surface area contributed by atoms with E-state index in [1.165, 1.54) is 24.3 Å². The monoisotopic (exact) mass is 522 g/mol. The molecule has 0 heterocycles. The van der Waals surface area contributed by atoms with Gasteiger partial charge in [-0.25, -0.2) is 8.78 Å². The van der Waals surface area contributed by atoms with Gasteiger partial charge < -0.3 is 14.6 Å². The Morgan fingerprint density at radius 1 is 0.811 bits per heavy atom. The van der Waals surface area contributed by atoms with Crippen LogP contribution in [0.5, 0.6) is 11.5 Å². The molecule has 0 radical (unpaired) electrons. The van der Waals surface area contributed by atoms with Gasteiger partial charge in [0.15, 0.2) is 23.1 Å². The lowest BCUT2D eigenvalue weighted by Gasteiger charge is -2.30. The molecule has 2 aliphatic carbocycles. The molecule has 1 N–H and O–H groups in total. The molecule has 0 spiro atoms. The Hall–Kier alpha value is -2.61. The topological polar surface area (TPSA) is 55.8 Å². The van der Waals surface area contributed by atoms with Crippen molar-refractivity contribution in [3.05, 3.63) is 58.7 Å². The number of ether oxygens (including phenoxy) is 2. The van der Waals surface area contributed by atoms with Crippen molar-refractivity contribution in [2.45, 2.75) is 83.2 Å². The van der Waals surface area contributed by atoms with Crippen LogP contribution in [0.4, 0.5) is 17.6 Å². The maximum atomic E-state index is 14.9. The van der Waals surface area contributed by atoms with Crippen molar-refractivity contribution in [2.75, 3.05) is 6.61 Å². The Morgan fingerprint density at radius 2 is 1.30 bits per heavy atom. The first-order chi connectivity index (χ1) is 17.7. The number of benzene rings is 2. The van der Waals surface area contributed by atoms with Crippen LogP contribution in [0.15, 0.2) is 24.3 Å². The Labute approximate surface area is 215 Å². The highest BCUT2D eigenvalue weighted by Gasteiger charge is 2.33. The molecule has 0 aliphatic heterocycles. The minimum atomic E-state index is -1.18. The van der Waals surface area contributed by atoms with Crippen LogP contribution in [0.3, 0.4) is 0 Å². The van der Waals surface area contributed by atoms with E-state index in [-0.39, 0.29) is 41.2 Å². The van der Waals surface area contributed by atoms with E-state index in [1.54, 1.807) is 13.8 Å².